The lowest BCUT2D eigenvalue weighted by Crippen LogP contribution is -2.25. The van der Waals surface area contributed by atoms with Crippen LogP contribution in [0, 0.1) is 6.92 Å². The zero-order valence-electron chi connectivity index (χ0n) is 17.8. The van der Waals surface area contributed by atoms with Crippen molar-refractivity contribution >= 4 is 44.8 Å². The van der Waals surface area contributed by atoms with Gasteiger partial charge in [0.25, 0.3) is 21.8 Å². The molecule has 170 valence electrons. The van der Waals surface area contributed by atoms with Gasteiger partial charge in [-0.05, 0) is 49.4 Å². The standard InChI is InChI=1S/C24H22ClN3O4S/c1-3-14-26-23(29)20-6-4-5-7-22(20)27-24(30)19-13-10-17(15-21(19)25)28-33(31,32)18-11-8-16(2)9-12-18/h3-13,15,28H,1,14H2,2H3,(H,26,29)(H,27,30). The van der Waals surface area contributed by atoms with Gasteiger partial charge in [-0.2, -0.15) is 0 Å². The number of nitrogens with one attached hydrogen (secondary N) is 3. The monoisotopic (exact) mass is 483 g/mol. The lowest BCUT2D eigenvalue weighted by Gasteiger charge is -2.13. The molecule has 0 aliphatic rings. The number of hydrogen-bond donors (Lipinski definition) is 3. The maximum absolute atomic E-state index is 12.8. The van der Waals surface area contributed by atoms with Gasteiger partial charge in [0, 0.05) is 6.54 Å². The van der Waals surface area contributed by atoms with Crippen molar-refractivity contribution in [2.75, 3.05) is 16.6 Å². The van der Waals surface area contributed by atoms with Crippen LogP contribution in [0.25, 0.3) is 0 Å². The van der Waals surface area contributed by atoms with E-state index in [4.69, 9.17) is 11.6 Å². The average Bonchev–Trinajstić information content (AvgIpc) is 2.78. The summed E-state index contributed by atoms with van der Waals surface area (Å²) in [6, 6.07) is 17.1. The van der Waals surface area contributed by atoms with Gasteiger partial charge in [-0.1, -0.05) is 47.5 Å². The summed E-state index contributed by atoms with van der Waals surface area (Å²) in [7, 11) is -3.81. The highest BCUT2D eigenvalue weighted by molar-refractivity contribution is 7.92. The minimum atomic E-state index is -3.81. The van der Waals surface area contributed by atoms with Crippen LogP contribution in [-0.4, -0.2) is 26.8 Å². The van der Waals surface area contributed by atoms with Crippen molar-refractivity contribution in [3.8, 4) is 0 Å². The zero-order valence-corrected chi connectivity index (χ0v) is 19.3. The van der Waals surface area contributed by atoms with Crippen LogP contribution in [0.1, 0.15) is 26.3 Å². The number of carbonyl (C=O) groups is 2. The van der Waals surface area contributed by atoms with Crippen LogP contribution < -0.4 is 15.4 Å². The van der Waals surface area contributed by atoms with E-state index in [1.165, 1.54) is 30.3 Å². The molecule has 3 aromatic carbocycles. The minimum Gasteiger partial charge on any atom is -0.349 e. The Balaban J connectivity index is 1.78. The second-order valence-corrected chi connectivity index (χ2v) is 9.20. The van der Waals surface area contributed by atoms with Crippen LogP contribution in [0.4, 0.5) is 11.4 Å². The largest absolute Gasteiger partial charge is 0.349 e. The van der Waals surface area contributed by atoms with Crippen molar-refractivity contribution in [3.05, 3.63) is 101 Å². The molecule has 9 heteroatoms. The second kappa shape index (κ2) is 10.3. The fraction of sp³-hybridized carbons (Fsp3) is 0.0833. The van der Waals surface area contributed by atoms with Gasteiger partial charge < -0.3 is 10.6 Å². The van der Waals surface area contributed by atoms with E-state index in [-0.39, 0.29) is 39.2 Å². The molecule has 0 aromatic heterocycles. The maximum atomic E-state index is 12.8. The molecule has 2 amide bonds. The molecule has 0 atom stereocenters. The van der Waals surface area contributed by atoms with Crippen LogP contribution in [0.2, 0.25) is 5.02 Å². The third-order valence-electron chi connectivity index (χ3n) is 4.62. The Hall–Kier alpha value is -3.62. The predicted octanol–water partition coefficient (Wildman–Crippen LogP) is 4.62. The predicted molar refractivity (Wildman–Crippen MR) is 130 cm³/mol. The van der Waals surface area contributed by atoms with Gasteiger partial charge in [0.1, 0.15) is 0 Å². The first-order chi connectivity index (χ1) is 15.7. The molecule has 0 spiro atoms. The lowest BCUT2D eigenvalue weighted by molar-refractivity contribution is 0.0959. The van der Waals surface area contributed by atoms with E-state index in [0.717, 1.165) is 5.56 Å². The molecule has 3 aromatic rings. The molecule has 3 N–H and O–H groups in total. The maximum Gasteiger partial charge on any atom is 0.261 e. The number of para-hydroxylation sites is 1. The summed E-state index contributed by atoms with van der Waals surface area (Å²) >= 11 is 6.27. The highest BCUT2D eigenvalue weighted by Crippen LogP contribution is 2.25. The topological polar surface area (TPSA) is 104 Å². The Bertz CT molecular complexity index is 1310. The number of benzene rings is 3. The van der Waals surface area contributed by atoms with Gasteiger partial charge in [0.2, 0.25) is 0 Å². The van der Waals surface area contributed by atoms with Crippen molar-refractivity contribution < 1.29 is 18.0 Å². The summed E-state index contributed by atoms with van der Waals surface area (Å²) in [6.07, 6.45) is 1.55. The number of amides is 2. The molecule has 0 fully saturated rings. The Kier molecular flexibility index (Phi) is 7.52. The van der Waals surface area contributed by atoms with Crippen molar-refractivity contribution in [2.24, 2.45) is 0 Å². The number of sulfonamides is 1. The molecular formula is C24H22ClN3O4S. The Morgan fingerprint density at radius 2 is 1.67 bits per heavy atom. The van der Waals surface area contributed by atoms with Crippen LogP contribution in [0.15, 0.2) is 84.3 Å². The summed E-state index contributed by atoms with van der Waals surface area (Å²) in [5.41, 5.74) is 1.86. The van der Waals surface area contributed by atoms with E-state index in [0.29, 0.717) is 5.69 Å². The highest BCUT2D eigenvalue weighted by Gasteiger charge is 2.18. The summed E-state index contributed by atoms with van der Waals surface area (Å²) < 4.78 is 27.6. The van der Waals surface area contributed by atoms with E-state index in [2.05, 4.69) is 21.9 Å². The fourth-order valence-electron chi connectivity index (χ4n) is 2.93. The van der Waals surface area contributed by atoms with Gasteiger partial charge in [0.15, 0.2) is 0 Å². The number of hydrogen-bond acceptors (Lipinski definition) is 4. The number of aryl methyl sites for hydroxylation is 1. The summed E-state index contributed by atoms with van der Waals surface area (Å²) in [5.74, 6) is -0.908. The first-order valence-corrected chi connectivity index (χ1v) is 11.8. The SMILES string of the molecule is C=CCNC(=O)c1ccccc1NC(=O)c1ccc(NS(=O)(=O)c2ccc(C)cc2)cc1Cl. The smallest absolute Gasteiger partial charge is 0.261 e. The van der Waals surface area contributed by atoms with Crippen molar-refractivity contribution in [3.63, 3.8) is 0 Å². The molecule has 3 rings (SSSR count). The second-order valence-electron chi connectivity index (χ2n) is 7.11. The molecule has 33 heavy (non-hydrogen) atoms. The van der Waals surface area contributed by atoms with Gasteiger partial charge in [-0.25, -0.2) is 8.42 Å². The van der Waals surface area contributed by atoms with Crippen molar-refractivity contribution in [1.82, 2.24) is 5.32 Å². The summed E-state index contributed by atoms with van der Waals surface area (Å²) in [4.78, 5) is 25.2. The number of rotatable bonds is 8. The summed E-state index contributed by atoms with van der Waals surface area (Å²) in [6.45, 7) is 5.70. The van der Waals surface area contributed by atoms with Gasteiger partial charge in [-0.3, -0.25) is 14.3 Å². The van der Waals surface area contributed by atoms with Gasteiger partial charge >= 0.3 is 0 Å². The number of carbonyl (C=O) groups excluding carboxylic acids is 2. The molecule has 7 nitrogen and oxygen atoms in total. The van der Waals surface area contributed by atoms with E-state index in [9.17, 15) is 18.0 Å². The lowest BCUT2D eigenvalue weighted by atomic mass is 10.1. The van der Waals surface area contributed by atoms with Crippen molar-refractivity contribution in [2.45, 2.75) is 11.8 Å². The number of halogens is 1. The average molecular weight is 484 g/mol. The third-order valence-corrected chi connectivity index (χ3v) is 6.33. The van der Waals surface area contributed by atoms with Crippen LogP contribution in [0.5, 0.6) is 0 Å². The molecule has 0 aliphatic heterocycles. The Labute approximate surface area is 197 Å². The molecule has 0 radical (unpaired) electrons. The Morgan fingerprint density at radius 1 is 0.970 bits per heavy atom. The van der Waals surface area contributed by atoms with Crippen LogP contribution in [-0.2, 0) is 10.0 Å². The zero-order chi connectivity index (χ0) is 24.0. The quantitative estimate of drug-likeness (QED) is 0.407. The molecule has 0 saturated heterocycles. The third kappa shape index (κ3) is 6.00. The molecule has 0 heterocycles. The minimum absolute atomic E-state index is 0.0465. The molecule has 0 unspecified atom stereocenters. The molecule has 0 saturated carbocycles. The highest BCUT2D eigenvalue weighted by atomic mass is 35.5. The van der Waals surface area contributed by atoms with E-state index in [1.807, 2.05) is 6.92 Å². The van der Waals surface area contributed by atoms with E-state index in [1.54, 1.807) is 42.5 Å². The van der Waals surface area contributed by atoms with Gasteiger partial charge in [-0.15, -0.1) is 6.58 Å². The van der Waals surface area contributed by atoms with Crippen molar-refractivity contribution in [1.29, 1.82) is 0 Å². The number of anilines is 2. The fourth-order valence-corrected chi connectivity index (χ4v) is 4.25. The Morgan fingerprint density at radius 3 is 2.33 bits per heavy atom. The first kappa shape index (κ1) is 24.0. The normalized spacial score (nSPS) is 10.8. The first-order valence-electron chi connectivity index (χ1n) is 9.90. The summed E-state index contributed by atoms with van der Waals surface area (Å²) in [5, 5.41) is 5.38. The van der Waals surface area contributed by atoms with E-state index < -0.39 is 15.9 Å². The van der Waals surface area contributed by atoms with Crippen LogP contribution >= 0.6 is 11.6 Å². The molecule has 0 bridgehead atoms. The van der Waals surface area contributed by atoms with Crippen LogP contribution in [0.3, 0.4) is 0 Å². The molecular weight excluding hydrogens is 462 g/mol. The van der Waals surface area contributed by atoms with Gasteiger partial charge in [0.05, 0.1) is 32.4 Å². The molecule has 0 aliphatic carbocycles. The van der Waals surface area contributed by atoms with E-state index >= 15 is 0 Å².